The standard InChI is InChI=1S/C10H8O4/c11-10(12)7-2-3-8-9(6-7)14-5-1-4-13-8/h1-3,5-6H,4H2,(H,11,12). The first-order valence-electron chi connectivity index (χ1n) is 4.09. The Morgan fingerprint density at radius 2 is 2.21 bits per heavy atom. The lowest BCUT2D eigenvalue weighted by atomic mass is 10.2. The highest BCUT2D eigenvalue weighted by atomic mass is 16.5. The molecule has 0 saturated heterocycles. The lowest BCUT2D eigenvalue weighted by Crippen LogP contribution is -1.98. The molecular formula is C10H8O4. The van der Waals surface area contributed by atoms with Crippen molar-refractivity contribution in [2.75, 3.05) is 6.61 Å². The van der Waals surface area contributed by atoms with E-state index in [-0.39, 0.29) is 5.56 Å². The van der Waals surface area contributed by atoms with Crippen LogP contribution in [0.4, 0.5) is 0 Å². The lowest BCUT2D eigenvalue weighted by Gasteiger charge is -2.06. The number of carboxylic acids is 1. The summed E-state index contributed by atoms with van der Waals surface area (Å²) >= 11 is 0. The molecule has 72 valence electrons. The lowest BCUT2D eigenvalue weighted by molar-refractivity contribution is 0.0696. The van der Waals surface area contributed by atoms with Crippen molar-refractivity contribution in [3.8, 4) is 11.5 Å². The number of rotatable bonds is 1. The van der Waals surface area contributed by atoms with E-state index in [1.807, 2.05) is 0 Å². The quantitative estimate of drug-likeness (QED) is 0.735. The van der Waals surface area contributed by atoms with Crippen LogP contribution in [-0.4, -0.2) is 17.7 Å². The Hall–Kier alpha value is -1.97. The molecule has 0 bridgehead atoms. The van der Waals surface area contributed by atoms with Gasteiger partial charge in [-0.2, -0.15) is 0 Å². The third-order valence-electron chi connectivity index (χ3n) is 1.82. The van der Waals surface area contributed by atoms with E-state index >= 15 is 0 Å². The maximum atomic E-state index is 10.7. The smallest absolute Gasteiger partial charge is 0.335 e. The molecule has 0 amide bonds. The molecule has 1 heterocycles. The molecule has 4 nitrogen and oxygen atoms in total. The van der Waals surface area contributed by atoms with E-state index in [1.54, 1.807) is 12.1 Å². The zero-order valence-electron chi connectivity index (χ0n) is 7.27. The van der Waals surface area contributed by atoms with Gasteiger partial charge in [-0.15, -0.1) is 0 Å². The average molecular weight is 192 g/mol. The zero-order valence-corrected chi connectivity index (χ0v) is 7.27. The van der Waals surface area contributed by atoms with Gasteiger partial charge in [0.05, 0.1) is 11.8 Å². The van der Waals surface area contributed by atoms with Crippen LogP contribution in [0.5, 0.6) is 11.5 Å². The molecule has 0 unspecified atom stereocenters. The van der Waals surface area contributed by atoms with Crippen LogP contribution in [0.2, 0.25) is 0 Å². The van der Waals surface area contributed by atoms with Gasteiger partial charge in [-0.05, 0) is 24.3 Å². The largest absolute Gasteiger partial charge is 0.485 e. The minimum absolute atomic E-state index is 0.183. The molecule has 0 spiro atoms. The topological polar surface area (TPSA) is 55.8 Å². The highest BCUT2D eigenvalue weighted by Crippen LogP contribution is 2.29. The molecule has 1 aromatic rings. The van der Waals surface area contributed by atoms with Gasteiger partial charge in [0.2, 0.25) is 0 Å². The van der Waals surface area contributed by atoms with E-state index in [0.717, 1.165) is 0 Å². The maximum Gasteiger partial charge on any atom is 0.335 e. The van der Waals surface area contributed by atoms with Crippen molar-refractivity contribution in [2.45, 2.75) is 0 Å². The molecule has 2 rings (SSSR count). The first kappa shape index (κ1) is 8.62. The Morgan fingerprint density at radius 3 is 3.00 bits per heavy atom. The Labute approximate surface area is 80.4 Å². The Kier molecular flexibility index (Phi) is 2.10. The third kappa shape index (κ3) is 1.54. The molecule has 0 aromatic heterocycles. The molecule has 0 aliphatic carbocycles. The van der Waals surface area contributed by atoms with E-state index in [4.69, 9.17) is 14.6 Å². The minimum Gasteiger partial charge on any atom is -0.485 e. The fourth-order valence-corrected chi connectivity index (χ4v) is 1.15. The maximum absolute atomic E-state index is 10.7. The highest BCUT2D eigenvalue weighted by Gasteiger charge is 2.11. The summed E-state index contributed by atoms with van der Waals surface area (Å²) in [5, 5.41) is 8.74. The van der Waals surface area contributed by atoms with Gasteiger partial charge >= 0.3 is 5.97 Å². The summed E-state index contributed by atoms with van der Waals surface area (Å²) in [7, 11) is 0. The van der Waals surface area contributed by atoms with Crippen molar-refractivity contribution in [2.24, 2.45) is 0 Å². The van der Waals surface area contributed by atoms with Crippen molar-refractivity contribution in [1.29, 1.82) is 0 Å². The highest BCUT2D eigenvalue weighted by molar-refractivity contribution is 5.88. The van der Waals surface area contributed by atoms with E-state index in [0.29, 0.717) is 18.1 Å². The normalized spacial score (nSPS) is 13.4. The number of hydrogen-bond acceptors (Lipinski definition) is 3. The summed E-state index contributed by atoms with van der Waals surface area (Å²) in [6.45, 7) is 0.430. The Bertz CT molecular complexity index is 395. The van der Waals surface area contributed by atoms with Crippen molar-refractivity contribution < 1.29 is 19.4 Å². The van der Waals surface area contributed by atoms with Gasteiger partial charge in [0.25, 0.3) is 0 Å². The van der Waals surface area contributed by atoms with Crippen molar-refractivity contribution >= 4 is 5.97 Å². The van der Waals surface area contributed by atoms with E-state index in [2.05, 4.69) is 0 Å². The van der Waals surface area contributed by atoms with Crippen molar-refractivity contribution in [3.05, 3.63) is 36.1 Å². The summed E-state index contributed by atoms with van der Waals surface area (Å²) in [5.41, 5.74) is 0.183. The average Bonchev–Trinajstić information content (AvgIpc) is 2.41. The van der Waals surface area contributed by atoms with Gasteiger partial charge < -0.3 is 14.6 Å². The summed E-state index contributed by atoms with van der Waals surface area (Å²) in [6.07, 6.45) is 3.19. The number of carboxylic acid groups (broad SMARTS) is 1. The van der Waals surface area contributed by atoms with Gasteiger partial charge in [-0.3, -0.25) is 0 Å². The predicted octanol–water partition coefficient (Wildman–Crippen LogP) is 1.67. The van der Waals surface area contributed by atoms with Crippen molar-refractivity contribution in [3.63, 3.8) is 0 Å². The van der Waals surface area contributed by atoms with Crippen LogP contribution in [-0.2, 0) is 0 Å². The van der Waals surface area contributed by atoms with Gasteiger partial charge in [-0.25, -0.2) is 4.79 Å². The molecule has 0 atom stereocenters. The van der Waals surface area contributed by atoms with Crippen LogP contribution in [0, 0.1) is 0 Å². The third-order valence-corrected chi connectivity index (χ3v) is 1.82. The van der Waals surface area contributed by atoms with E-state index < -0.39 is 5.97 Å². The molecule has 1 aromatic carbocycles. The SMILES string of the molecule is O=C(O)c1ccc2c(c1)OC=CCO2. The van der Waals surface area contributed by atoms with Crippen LogP contribution in [0.1, 0.15) is 10.4 Å². The van der Waals surface area contributed by atoms with Gasteiger partial charge in [-0.1, -0.05) is 0 Å². The van der Waals surface area contributed by atoms with E-state index in [1.165, 1.54) is 18.4 Å². The Balaban J connectivity index is 2.41. The molecular weight excluding hydrogens is 184 g/mol. The molecule has 0 fully saturated rings. The van der Waals surface area contributed by atoms with Crippen molar-refractivity contribution in [1.82, 2.24) is 0 Å². The second-order valence-corrected chi connectivity index (χ2v) is 2.77. The van der Waals surface area contributed by atoms with Crippen LogP contribution >= 0.6 is 0 Å². The number of benzene rings is 1. The number of carbonyl (C=O) groups is 1. The van der Waals surface area contributed by atoms with Crippen LogP contribution in [0.15, 0.2) is 30.5 Å². The molecule has 1 aliphatic heterocycles. The van der Waals surface area contributed by atoms with Gasteiger partial charge in [0.1, 0.15) is 6.61 Å². The second-order valence-electron chi connectivity index (χ2n) is 2.77. The molecule has 1 N–H and O–H groups in total. The van der Waals surface area contributed by atoms with Gasteiger partial charge in [0, 0.05) is 0 Å². The minimum atomic E-state index is -0.982. The number of hydrogen-bond donors (Lipinski definition) is 1. The Morgan fingerprint density at radius 1 is 1.36 bits per heavy atom. The molecule has 0 radical (unpaired) electrons. The fourth-order valence-electron chi connectivity index (χ4n) is 1.15. The summed E-state index contributed by atoms with van der Waals surface area (Å²) in [6, 6.07) is 4.51. The monoisotopic (exact) mass is 192 g/mol. The first-order chi connectivity index (χ1) is 6.77. The van der Waals surface area contributed by atoms with Crippen LogP contribution in [0.25, 0.3) is 0 Å². The van der Waals surface area contributed by atoms with E-state index in [9.17, 15) is 4.79 Å². The summed E-state index contributed by atoms with van der Waals surface area (Å²) in [5.74, 6) is 0.00303. The van der Waals surface area contributed by atoms with Gasteiger partial charge in [0.15, 0.2) is 11.5 Å². The number of aromatic carboxylic acids is 1. The number of fused-ring (bicyclic) bond motifs is 1. The molecule has 0 saturated carbocycles. The molecule has 4 heteroatoms. The summed E-state index contributed by atoms with van der Waals surface area (Å²) < 4.78 is 10.4. The number of ether oxygens (including phenoxy) is 2. The molecule has 1 aliphatic rings. The molecule has 14 heavy (non-hydrogen) atoms. The zero-order chi connectivity index (χ0) is 9.97. The first-order valence-corrected chi connectivity index (χ1v) is 4.09. The second kappa shape index (κ2) is 3.41. The van der Waals surface area contributed by atoms with Crippen LogP contribution < -0.4 is 9.47 Å². The predicted molar refractivity (Wildman–Crippen MR) is 48.7 cm³/mol. The van der Waals surface area contributed by atoms with Crippen LogP contribution in [0.3, 0.4) is 0 Å². The summed E-state index contributed by atoms with van der Waals surface area (Å²) in [4.78, 5) is 10.7. The fraction of sp³-hybridized carbons (Fsp3) is 0.100.